The molecule has 0 aliphatic rings. The molecule has 11 heteroatoms. The standard InChI is InChI=1S/C14H10ClF3N2O4S/c15-10-6-5-8(7-9(10)13(19)21)20-25(22,23)12-4-2-1-3-11(12)24-14(16,17)18/h1-7,20H,(H2,19,21). The molecule has 3 N–H and O–H groups in total. The Balaban J connectivity index is 2.41. The van der Waals surface area contributed by atoms with E-state index in [-0.39, 0.29) is 16.3 Å². The number of nitrogens with two attached hydrogens (primary N) is 1. The van der Waals surface area contributed by atoms with Crippen LogP contribution in [0.5, 0.6) is 5.75 Å². The molecule has 0 aliphatic heterocycles. The van der Waals surface area contributed by atoms with Crippen molar-refractivity contribution in [1.29, 1.82) is 0 Å². The van der Waals surface area contributed by atoms with Gasteiger partial charge in [0.1, 0.15) is 10.6 Å². The van der Waals surface area contributed by atoms with Crippen LogP contribution in [-0.2, 0) is 10.0 Å². The average Bonchev–Trinajstić information content (AvgIpc) is 2.47. The van der Waals surface area contributed by atoms with E-state index in [0.29, 0.717) is 0 Å². The Hall–Kier alpha value is -2.46. The number of sulfonamides is 1. The maximum atomic E-state index is 12.4. The molecule has 134 valence electrons. The summed E-state index contributed by atoms with van der Waals surface area (Å²) in [5.74, 6) is -1.79. The van der Waals surface area contributed by atoms with Crippen LogP contribution in [0.4, 0.5) is 18.9 Å². The third kappa shape index (κ3) is 4.77. The third-order valence-electron chi connectivity index (χ3n) is 2.85. The molecule has 2 aromatic rings. The van der Waals surface area contributed by atoms with Crippen molar-refractivity contribution in [3.63, 3.8) is 0 Å². The molecule has 6 nitrogen and oxygen atoms in total. The number of ether oxygens (including phenoxy) is 1. The van der Waals surface area contributed by atoms with Gasteiger partial charge < -0.3 is 10.5 Å². The zero-order chi connectivity index (χ0) is 18.8. The summed E-state index contributed by atoms with van der Waals surface area (Å²) in [5.41, 5.74) is 4.84. The highest BCUT2D eigenvalue weighted by atomic mass is 35.5. The summed E-state index contributed by atoms with van der Waals surface area (Å²) < 4.78 is 67.8. The number of primary amides is 1. The van der Waals surface area contributed by atoms with Gasteiger partial charge in [-0.25, -0.2) is 8.42 Å². The molecule has 0 atom stereocenters. The molecule has 0 radical (unpaired) electrons. The normalized spacial score (nSPS) is 11.8. The van der Waals surface area contributed by atoms with Crippen LogP contribution in [0.3, 0.4) is 0 Å². The maximum Gasteiger partial charge on any atom is 0.573 e. The van der Waals surface area contributed by atoms with Gasteiger partial charge in [-0.2, -0.15) is 0 Å². The van der Waals surface area contributed by atoms with E-state index in [0.717, 1.165) is 18.2 Å². The van der Waals surface area contributed by atoms with Gasteiger partial charge in [-0.3, -0.25) is 9.52 Å². The van der Waals surface area contributed by atoms with Crippen molar-refractivity contribution in [2.45, 2.75) is 11.3 Å². The lowest BCUT2D eigenvalue weighted by atomic mass is 10.2. The number of benzene rings is 2. The molecule has 25 heavy (non-hydrogen) atoms. The van der Waals surface area contributed by atoms with Crippen molar-refractivity contribution in [2.75, 3.05) is 4.72 Å². The quantitative estimate of drug-likeness (QED) is 0.813. The van der Waals surface area contributed by atoms with Crippen molar-refractivity contribution >= 4 is 33.2 Å². The number of halogens is 4. The van der Waals surface area contributed by atoms with Crippen molar-refractivity contribution in [2.24, 2.45) is 5.73 Å². The number of alkyl halides is 3. The van der Waals surface area contributed by atoms with Gasteiger partial charge >= 0.3 is 6.36 Å². The predicted octanol–water partition coefficient (Wildman–Crippen LogP) is 3.14. The topological polar surface area (TPSA) is 98.5 Å². The number of nitrogens with one attached hydrogen (secondary N) is 1. The summed E-state index contributed by atoms with van der Waals surface area (Å²) in [7, 11) is -4.44. The summed E-state index contributed by atoms with van der Waals surface area (Å²) in [6, 6.07) is 7.72. The molecule has 0 spiro atoms. The minimum absolute atomic E-state index is 0.00347. The van der Waals surface area contributed by atoms with Crippen molar-refractivity contribution in [3.8, 4) is 5.75 Å². The number of hydrogen-bond acceptors (Lipinski definition) is 4. The molecular formula is C14H10ClF3N2O4S. The predicted molar refractivity (Wildman–Crippen MR) is 83.9 cm³/mol. The van der Waals surface area contributed by atoms with E-state index in [9.17, 15) is 26.4 Å². The molecule has 0 heterocycles. The van der Waals surface area contributed by atoms with Crippen molar-refractivity contribution < 1.29 is 31.1 Å². The highest BCUT2D eigenvalue weighted by Gasteiger charge is 2.34. The van der Waals surface area contributed by atoms with Crippen LogP contribution in [0.1, 0.15) is 10.4 Å². The van der Waals surface area contributed by atoms with E-state index in [1.807, 2.05) is 4.72 Å². The van der Waals surface area contributed by atoms with Crippen LogP contribution in [0.25, 0.3) is 0 Å². The smallest absolute Gasteiger partial charge is 0.404 e. The Morgan fingerprint density at radius 2 is 1.80 bits per heavy atom. The first-order chi connectivity index (χ1) is 11.5. The second-order valence-electron chi connectivity index (χ2n) is 4.66. The lowest BCUT2D eigenvalue weighted by Gasteiger charge is -2.14. The first-order valence-corrected chi connectivity index (χ1v) is 8.33. The fraction of sp³-hybridized carbons (Fsp3) is 0.0714. The monoisotopic (exact) mass is 394 g/mol. The van der Waals surface area contributed by atoms with Gasteiger partial charge in [0.05, 0.1) is 10.6 Å². The molecule has 1 amide bonds. The number of carbonyl (C=O) groups excluding carboxylic acids is 1. The summed E-state index contributed by atoms with van der Waals surface area (Å²) in [6.07, 6.45) is -5.06. The summed E-state index contributed by atoms with van der Waals surface area (Å²) in [5, 5.41) is -0.00347. The summed E-state index contributed by atoms with van der Waals surface area (Å²) in [4.78, 5) is 10.5. The fourth-order valence-electron chi connectivity index (χ4n) is 1.87. The Morgan fingerprint density at radius 1 is 1.16 bits per heavy atom. The molecule has 0 bridgehead atoms. The summed E-state index contributed by atoms with van der Waals surface area (Å²) >= 11 is 5.75. The first kappa shape index (κ1) is 18.9. The third-order valence-corrected chi connectivity index (χ3v) is 4.60. The van der Waals surface area contributed by atoms with E-state index >= 15 is 0 Å². The lowest BCUT2D eigenvalue weighted by molar-refractivity contribution is -0.275. The maximum absolute atomic E-state index is 12.4. The number of anilines is 1. The van der Waals surface area contributed by atoms with Gasteiger partial charge in [-0.05, 0) is 30.3 Å². The van der Waals surface area contributed by atoms with Crippen LogP contribution in [0.15, 0.2) is 47.4 Å². The molecule has 0 fully saturated rings. The Kier molecular flexibility index (Phi) is 5.14. The van der Waals surface area contributed by atoms with Crippen LogP contribution in [-0.4, -0.2) is 20.7 Å². The minimum Gasteiger partial charge on any atom is -0.404 e. The zero-order valence-corrected chi connectivity index (χ0v) is 13.7. The van der Waals surface area contributed by atoms with Crippen molar-refractivity contribution in [1.82, 2.24) is 0 Å². The van der Waals surface area contributed by atoms with E-state index in [1.54, 1.807) is 0 Å². The van der Waals surface area contributed by atoms with Crippen LogP contribution in [0, 0.1) is 0 Å². The van der Waals surface area contributed by atoms with E-state index in [2.05, 4.69) is 4.74 Å². The molecule has 0 saturated heterocycles. The van der Waals surface area contributed by atoms with Crippen LogP contribution >= 0.6 is 11.6 Å². The van der Waals surface area contributed by atoms with Gasteiger partial charge in [0.25, 0.3) is 10.0 Å². The Labute approximate surface area is 145 Å². The highest BCUT2D eigenvalue weighted by Crippen LogP contribution is 2.31. The Morgan fingerprint density at radius 3 is 2.40 bits per heavy atom. The number of para-hydroxylation sites is 1. The first-order valence-electron chi connectivity index (χ1n) is 6.46. The summed E-state index contributed by atoms with van der Waals surface area (Å²) in [6.45, 7) is 0. The molecule has 0 saturated carbocycles. The fourth-order valence-corrected chi connectivity index (χ4v) is 3.26. The largest absolute Gasteiger partial charge is 0.573 e. The molecule has 2 rings (SSSR count). The Bertz CT molecular complexity index is 917. The van der Waals surface area contributed by atoms with Crippen molar-refractivity contribution in [3.05, 3.63) is 53.1 Å². The van der Waals surface area contributed by atoms with E-state index in [1.165, 1.54) is 24.3 Å². The number of amides is 1. The van der Waals surface area contributed by atoms with Gasteiger partial charge in [0.2, 0.25) is 5.91 Å². The van der Waals surface area contributed by atoms with Crippen LogP contribution < -0.4 is 15.2 Å². The van der Waals surface area contributed by atoms with Gasteiger partial charge in [-0.15, -0.1) is 13.2 Å². The van der Waals surface area contributed by atoms with E-state index < -0.39 is 32.9 Å². The molecule has 0 aliphatic carbocycles. The molecule has 0 unspecified atom stereocenters. The van der Waals surface area contributed by atoms with E-state index in [4.69, 9.17) is 17.3 Å². The number of hydrogen-bond donors (Lipinski definition) is 2. The van der Waals surface area contributed by atoms with Crippen LogP contribution in [0.2, 0.25) is 5.02 Å². The highest BCUT2D eigenvalue weighted by molar-refractivity contribution is 7.92. The minimum atomic E-state index is -5.06. The second-order valence-corrected chi connectivity index (χ2v) is 6.72. The van der Waals surface area contributed by atoms with Gasteiger partial charge in [-0.1, -0.05) is 23.7 Å². The molecule has 2 aromatic carbocycles. The zero-order valence-electron chi connectivity index (χ0n) is 12.2. The molecular weight excluding hydrogens is 385 g/mol. The van der Waals surface area contributed by atoms with Gasteiger partial charge in [0.15, 0.2) is 0 Å². The SMILES string of the molecule is NC(=O)c1cc(NS(=O)(=O)c2ccccc2OC(F)(F)F)ccc1Cl. The average molecular weight is 395 g/mol. The number of carbonyl (C=O) groups is 1. The second kappa shape index (κ2) is 6.81. The van der Waals surface area contributed by atoms with Gasteiger partial charge in [0, 0.05) is 5.69 Å². The molecule has 0 aromatic heterocycles. The number of rotatable bonds is 5. The lowest BCUT2D eigenvalue weighted by Crippen LogP contribution is -2.21.